The molecule has 2 amide bonds. The number of fused-ring (bicyclic) bond motifs is 1. The third-order valence-electron chi connectivity index (χ3n) is 5.72. The summed E-state index contributed by atoms with van der Waals surface area (Å²) in [4.78, 5) is 44.7. The van der Waals surface area contributed by atoms with Gasteiger partial charge in [0.25, 0.3) is 11.6 Å². The topological polar surface area (TPSA) is 93.0 Å². The maximum absolute atomic E-state index is 13.5. The molecule has 0 aromatic heterocycles. The van der Waals surface area contributed by atoms with Crippen LogP contribution < -0.4 is 9.96 Å². The minimum absolute atomic E-state index is 0.147. The minimum atomic E-state index is -1.12. The standard InChI is InChI=1S/C23H15Cl2N3O5/c24-13-8-10-14(11-9-13)26-22(29)19-20(17-6-1-2-7-18(17)25)27(33-21(19)23(26)30)15-4-3-5-16(12-15)28(31)32/h1-12,19-21H/t19-,20+,21-/m0/s1. The highest BCUT2D eigenvalue weighted by atomic mass is 35.5. The molecule has 0 N–H and O–H groups in total. The van der Waals surface area contributed by atoms with E-state index in [-0.39, 0.29) is 5.69 Å². The van der Waals surface area contributed by atoms with Crippen molar-refractivity contribution >= 4 is 52.1 Å². The van der Waals surface area contributed by atoms with Crippen molar-refractivity contribution in [2.24, 2.45) is 5.92 Å². The van der Waals surface area contributed by atoms with Crippen molar-refractivity contribution in [2.75, 3.05) is 9.96 Å². The van der Waals surface area contributed by atoms with Gasteiger partial charge in [-0.05, 0) is 42.0 Å². The summed E-state index contributed by atoms with van der Waals surface area (Å²) < 4.78 is 0. The van der Waals surface area contributed by atoms with E-state index in [1.165, 1.54) is 23.3 Å². The second kappa shape index (κ2) is 8.15. The van der Waals surface area contributed by atoms with Gasteiger partial charge in [0.1, 0.15) is 5.92 Å². The van der Waals surface area contributed by atoms with E-state index in [4.69, 9.17) is 28.0 Å². The highest BCUT2D eigenvalue weighted by molar-refractivity contribution is 6.32. The molecule has 0 spiro atoms. The molecular formula is C23H15Cl2N3O5. The number of carbonyl (C=O) groups is 2. The van der Waals surface area contributed by atoms with E-state index in [1.54, 1.807) is 54.6 Å². The Labute approximate surface area is 198 Å². The molecule has 0 saturated carbocycles. The highest BCUT2D eigenvalue weighted by Crippen LogP contribution is 2.49. The average molecular weight is 484 g/mol. The van der Waals surface area contributed by atoms with Crippen molar-refractivity contribution < 1.29 is 19.3 Å². The number of halogens is 2. The van der Waals surface area contributed by atoms with Gasteiger partial charge in [0.15, 0.2) is 6.10 Å². The summed E-state index contributed by atoms with van der Waals surface area (Å²) in [5, 5.41) is 13.5. The monoisotopic (exact) mass is 483 g/mol. The number of nitrogens with zero attached hydrogens (tertiary/aromatic N) is 3. The summed E-state index contributed by atoms with van der Waals surface area (Å²) in [6.45, 7) is 0. The molecule has 5 rings (SSSR count). The van der Waals surface area contributed by atoms with E-state index < -0.39 is 34.8 Å². The Morgan fingerprint density at radius 3 is 2.30 bits per heavy atom. The molecule has 2 aliphatic heterocycles. The molecule has 2 aliphatic rings. The number of imide groups is 1. The van der Waals surface area contributed by atoms with Gasteiger partial charge in [0, 0.05) is 22.2 Å². The molecule has 2 heterocycles. The van der Waals surface area contributed by atoms with Crippen molar-refractivity contribution in [2.45, 2.75) is 12.1 Å². The number of hydrogen-bond acceptors (Lipinski definition) is 6. The number of non-ortho nitro benzene ring substituents is 1. The van der Waals surface area contributed by atoms with Crippen LogP contribution in [0.3, 0.4) is 0 Å². The number of benzene rings is 3. The second-order valence-corrected chi connectivity index (χ2v) is 8.45. The van der Waals surface area contributed by atoms with Crippen molar-refractivity contribution in [3.63, 3.8) is 0 Å². The van der Waals surface area contributed by atoms with Gasteiger partial charge in [-0.15, -0.1) is 0 Å². The molecule has 10 heteroatoms. The first-order chi connectivity index (χ1) is 15.9. The zero-order chi connectivity index (χ0) is 23.3. The predicted molar refractivity (Wildman–Crippen MR) is 122 cm³/mol. The first-order valence-electron chi connectivity index (χ1n) is 9.95. The smallest absolute Gasteiger partial charge is 0.271 e. The van der Waals surface area contributed by atoms with Gasteiger partial charge in [-0.1, -0.05) is 47.5 Å². The van der Waals surface area contributed by atoms with Crippen LogP contribution in [0, 0.1) is 16.0 Å². The summed E-state index contributed by atoms with van der Waals surface area (Å²) >= 11 is 12.4. The van der Waals surface area contributed by atoms with Gasteiger partial charge >= 0.3 is 0 Å². The highest BCUT2D eigenvalue weighted by Gasteiger charge is 2.60. The van der Waals surface area contributed by atoms with Gasteiger partial charge in [-0.25, -0.2) is 9.96 Å². The number of anilines is 2. The fourth-order valence-corrected chi connectivity index (χ4v) is 4.63. The fourth-order valence-electron chi connectivity index (χ4n) is 4.26. The number of carbonyl (C=O) groups excluding carboxylic acids is 2. The van der Waals surface area contributed by atoms with Crippen LogP contribution in [0.2, 0.25) is 10.0 Å². The van der Waals surface area contributed by atoms with Crippen LogP contribution in [-0.2, 0) is 14.4 Å². The molecule has 8 nitrogen and oxygen atoms in total. The molecule has 0 aliphatic carbocycles. The Kier molecular flexibility index (Phi) is 5.28. The zero-order valence-corrected chi connectivity index (χ0v) is 18.3. The van der Waals surface area contributed by atoms with Crippen LogP contribution in [-0.4, -0.2) is 22.8 Å². The lowest BCUT2D eigenvalue weighted by atomic mass is 9.90. The quantitative estimate of drug-likeness (QED) is 0.296. The predicted octanol–water partition coefficient (Wildman–Crippen LogP) is 4.95. The largest absolute Gasteiger partial charge is 0.273 e. The third kappa shape index (κ3) is 3.52. The van der Waals surface area contributed by atoms with Crippen LogP contribution in [0.5, 0.6) is 0 Å². The number of rotatable bonds is 4. The molecule has 2 saturated heterocycles. The van der Waals surface area contributed by atoms with E-state index >= 15 is 0 Å². The number of nitro groups is 1. The number of hydrogen-bond donors (Lipinski definition) is 0. The molecule has 3 aromatic rings. The maximum atomic E-state index is 13.5. The zero-order valence-electron chi connectivity index (χ0n) is 16.8. The molecule has 3 atom stereocenters. The van der Waals surface area contributed by atoms with Gasteiger partial charge in [-0.2, -0.15) is 0 Å². The van der Waals surface area contributed by atoms with Crippen molar-refractivity contribution in [1.82, 2.24) is 0 Å². The Morgan fingerprint density at radius 2 is 1.61 bits per heavy atom. The van der Waals surface area contributed by atoms with E-state index in [1.807, 2.05) is 0 Å². The van der Waals surface area contributed by atoms with Crippen molar-refractivity contribution in [3.8, 4) is 0 Å². The molecule has 166 valence electrons. The molecule has 2 fully saturated rings. The van der Waals surface area contributed by atoms with Crippen LogP contribution in [0.4, 0.5) is 17.1 Å². The summed E-state index contributed by atoms with van der Waals surface area (Å²) in [7, 11) is 0. The molecule has 3 aromatic carbocycles. The number of amides is 2. The average Bonchev–Trinajstić information content (AvgIpc) is 3.31. The van der Waals surface area contributed by atoms with E-state index in [2.05, 4.69) is 0 Å². The maximum Gasteiger partial charge on any atom is 0.271 e. The van der Waals surface area contributed by atoms with Crippen LogP contribution in [0.15, 0.2) is 72.8 Å². The van der Waals surface area contributed by atoms with Crippen LogP contribution >= 0.6 is 23.2 Å². The van der Waals surface area contributed by atoms with Gasteiger partial charge < -0.3 is 0 Å². The molecule has 0 unspecified atom stereocenters. The minimum Gasteiger partial charge on any atom is -0.273 e. The Morgan fingerprint density at radius 1 is 0.879 bits per heavy atom. The Balaban J connectivity index is 1.61. The first kappa shape index (κ1) is 21.4. The molecule has 0 bridgehead atoms. The Bertz CT molecular complexity index is 1280. The normalized spacial score (nSPS) is 22.1. The second-order valence-electron chi connectivity index (χ2n) is 7.61. The summed E-state index contributed by atoms with van der Waals surface area (Å²) in [6, 6.07) is 18.3. The van der Waals surface area contributed by atoms with Crippen LogP contribution in [0.1, 0.15) is 11.6 Å². The third-order valence-corrected chi connectivity index (χ3v) is 6.32. The van der Waals surface area contributed by atoms with Crippen molar-refractivity contribution in [3.05, 3.63) is 98.5 Å². The lowest BCUT2D eigenvalue weighted by Crippen LogP contribution is -2.37. The van der Waals surface area contributed by atoms with Gasteiger partial charge in [0.05, 0.1) is 22.3 Å². The summed E-state index contributed by atoms with van der Waals surface area (Å²) in [5.74, 6) is -1.89. The van der Waals surface area contributed by atoms with Crippen molar-refractivity contribution in [1.29, 1.82) is 0 Å². The molecular weight excluding hydrogens is 469 g/mol. The summed E-state index contributed by atoms with van der Waals surface area (Å²) in [5.41, 5.74) is 1.14. The fraction of sp³-hybridized carbons (Fsp3) is 0.130. The number of hydroxylamine groups is 1. The van der Waals surface area contributed by atoms with Crippen LogP contribution in [0.25, 0.3) is 0 Å². The Hall–Kier alpha value is -3.46. The van der Waals surface area contributed by atoms with Gasteiger partial charge in [-0.3, -0.25) is 24.5 Å². The lowest BCUT2D eigenvalue weighted by Gasteiger charge is -2.29. The van der Waals surface area contributed by atoms with E-state index in [0.717, 1.165) is 4.90 Å². The van der Waals surface area contributed by atoms with E-state index in [0.29, 0.717) is 27.0 Å². The first-order valence-corrected chi connectivity index (χ1v) is 10.7. The summed E-state index contributed by atoms with van der Waals surface area (Å²) in [6.07, 6.45) is -1.12. The molecule has 0 radical (unpaired) electrons. The number of nitro benzene ring substituents is 1. The van der Waals surface area contributed by atoms with E-state index in [9.17, 15) is 19.7 Å². The molecule has 33 heavy (non-hydrogen) atoms. The lowest BCUT2D eigenvalue weighted by molar-refractivity contribution is -0.384. The van der Waals surface area contributed by atoms with Gasteiger partial charge in [0.2, 0.25) is 5.91 Å². The SMILES string of the molecule is O=C1[C@@H]2[C@H](ON(c3cccc([N+](=O)[O-])c3)[C@@H]2c2ccccc2Cl)C(=O)N1c1ccc(Cl)cc1.